The molecule has 2 saturated heterocycles. The number of benzene rings is 2. The Bertz CT molecular complexity index is 1540. The van der Waals surface area contributed by atoms with Crippen molar-refractivity contribution in [1.29, 1.82) is 0 Å². The van der Waals surface area contributed by atoms with Crippen LogP contribution >= 0.6 is 0 Å². The van der Waals surface area contributed by atoms with Gasteiger partial charge in [-0.05, 0) is 95.9 Å². The van der Waals surface area contributed by atoms with Crippen LogP contribution in [-0.4, -0.2) is 68.4 Å². The molecule has 2 aliphatic rings. The summed E-state index contributed by atoms with van der Waals surface area (Å²) in [5, 5.41) is 1.06. The number of rotatable bonds is 5. The van der Waals surface area contributed by atoms with Gasteiger partial charge in [0.05, 0.1) is 23.1 Å². The Morgan fingerprint density at radius 3 is 2.56 bits per heavy atom. The van der Waals surface area contributed by atoms with Crippen molar-refractivity contribution in [3.63, 3.8) is 0 Å². The fraction of sp³-hybridized carbons (Fsp3) is 0.452. The molecule has 2 aromatic heterocycles. The number of likely N-dealkylation sites (tertiary alicyclic amines) is 2. The maximum absolute atomic E-state index is 13.2. The number of H-pyrrole nitrogens is 2. The van der Waals surface area contributed by atoms with Gasteiger partial charge < -0.3 is 14.7 Å². The summed E-state index contributed by atoms with van der Waals surface area (Å²) in [4.78, 5) is 41.8. The zero-order chi connectivity index (χ0) is 27.3. The van der Waals surface area contributed by atoms with Crippen molar-refractivity contribution in [3.05, 3.63) is 53.9 Å². The van der Waals surface area contributed by atoms with Crippen LogP contribution in [0.4, 0.5) is 4.79 Å². The van der Waals surface area contributed by atoms with E-state index < -0.39 is 17.7 Å². The Morgan fingerprint density at radius 2 is 1.79 bits per heavy atom. The molecule has 2 aromatic carbocycles. The predicted octanol–water partition coefficient (Wildman–Crippen LogP) is 5.99. The second-order valence-corrected chi connectivity index (χ2v) is 12.1. The van der Waals surface area contributed by atoms with Gasteiger partial charge in [0.2, 0.25) is 0 Å². The molecule has 2 N–H and O–H groups in total. The highest BCUT2D eigenvalue weighted by molar-refractivity contribution is 5.92. The highest BCUT2D eigenvalue weighted by Crippen LogP contribution is 2.32. The number of imidazole rings is 1. The van der Waals surface area contributed by atoms with E-state index in [1.54, 1.807) is 4.90 Å². The first-order valence-electron chi connectivity index (χ1n) is 14.0. The third-order valence-corrected chi connectivity index (χ3v) is 7.96. The molecule has 8 heteroatoms. The second-order valence-electron chi connectivity index (χ2n) is 12.1. The number of carbonyl (C=O) groups is 2. The molecule has 8 nitrogen and oxygen atoms in total. The Hall–Kier alpha value is -3.65. The first-order valence-corrected chi connectivity index (χ1v) is 14.0. The third-order valence-electron chi connectivity index (χ3n) is 7.96. The Labute approximate surface area is 228 Å². The number of fused-ring (bicyclic) bond motifs is 2. The fourth-order valence-electron chi connectivity index (χ4n) is 6.01. The summed E-state index contributed by atoms with van der Waals surface area (Å²) in [5.74, 6) is 1.10. The van der Waals surface area contributed by atoms with Crippen LogP contribution in [0.5, 0.6) is 0 Å². The largest absolute Gasteiger partial charge is 0.444 e. The van der Waals surface area contributed by atoms with Crippen LogP contribution in [0.15, 0.2) is 42.5 Å². The molecule has 1 amide bonds. The molecule has 0 bridgehead atoms. The van der Waals surface area contributed by atoms with Crippen LogP contribution in [0.25, 0.3) is 33.2 Å². The molecule has 0 unspecified atom stereocenters. The van der Waals surface area contributed by atoms with Crippen LogP contribution in [-0.2, 0) is 16.0 Å². The van der Waals surface area contributed by atoms with Gasteiger partial charge in [-0.25, -0.2) is 9.78 Å². The molecule has 4 heterocycles. The lowest BCUT2D eigenvalue weighted by atomic mass is 10.0. The Morgan fingerprint density at radius 1 is 1.00 bits per heavy atom. The maximum atomic E-state index is 13.2. The number of Topliss-reactive ketones (excluding diaryl/α,β-unsaturated/α-hetero) is 1. The van der Waals surface area contributed by atoms with Gasteiger partial charge in [-0.15, -0.1) is 0 Å². The van der Waals surface area contributed by atoms with E-state index in [-0.39, 0.29) is 12.2 Å². The van der Waals surface area contributed by atoms with Crippen LogP contribution in [0.1, 0.15) is 63.9 Å². The van der Waals surface area contributed by atoms with E-state index in [1.807, 2.05) is 32.9 Å². The van der Waals surface area contributed by atoms with E-state index in [1.165, 1.54) is 6.42 Å². The molecule has 39 heavy (non-hydrogen) atoms. The van der Waals surface area contributed by atoms with Crippen LogP contribution in [0.3, 0.4) is 0 Å². The molecule has 4 aromatic rings. The lowest BCUT2D eigenvalue weighted by molar-refractivity contribution is -0.122. The number of nitrogens with zero attached hydrogens (tertiary/aromatic N) is 3. The van der Waals surface area contributed by atoms with Crippen molar-refractivity contribution in [2.24, 2.45) is 0 Å². The molecular formula is C31H37N5O3. The number of carbonyl (C=O) groups excluding carboxylic acids is 2. The molecule has 2 fully saturated rings. The van der Waals surface area contributed by atoms with Crippen molar-refractivity contribution in [2.75, 3.05) is 20.1 Å². The van der Waals surface area contributed by atoms with Gasteiger partial charge in [0.1, 0.15) is 11.4 Å². The number of ketones is 1. The summed E-state index contributed by atoms with van der Waals surface area (Å²) in [7, 11) is 2.16. The lowest BCUT2D eigenvalue weighted by Gasteiger charge is -2.28. The van der Waals surface area contributed by atoms with Gasteiger partial charge in [-0.3, -0.25) is 14.6 Å². The number of amides is 1. The number of hydrogen-bond acceptors (Lipinski definition) is 5. The van der Waals surface area contributed by atoms with E-state index in [0.717, 1.165) is 64.0 Å². The summed E-state index contributed by atoms with van der Waals surface area (Å²) >= 11 is 0. The van der Waals surface area contributed by atoms with E-state index in [4.69, 9.17) is 9.72 Å². The molecule has 0 aliphatic carbocycles. The average Bonchev–Trinajstić information content (AvgIpc) is 3.67. The van der Waals surface area contributed by atoms with E-state index in [2.05, 4.69) is 52.2 Å². The predicted molar refractivity (Wildman–Crippen MR) is 153 cm³/mol. The normalized spacial score (nSPS) is 20.4. The summed E-state index contributed by atoms with van der Waals surface area (Å²) in [6.45, 7) is 7.20. The molecule has 0 spiro atoms. The number of aromatic nitrogens is 3. The molecule has 0 radical (unpaired) electrons. The monoisotopic (exact) mass is 527 g/mol. The zero-order valence-electron chi connectivity index (χ0n) is 23.2. The molecule has 2 aliphatic heterocycles. The average molecular weight is 528 g/mol. The molecule has 2 atom stereocenters. The Balaban J connectivity index is 1.19. The highest BCUT2D eigenvalue weighted by Gasteiger charge is 2.36. The van der Waals surface area contributed by atoms with Gasteiger partial charge in [0, 0.05) is 35.1 Å². The molecule has 6 rings (SSSR count). The first-order chi connectivity index (χ1) is 18.6. The van der Waals surface area contributed by atoms with E-state index in [0.29, 0.717) is 19.0 Å². The number of ether oxygens (including phenoxy) is 1. The summed E-state index contributed by atoms with van der Waals surface area (Å²) in [5.41, 5.74) is 5.51. The second kappa shape index (κ2) is 9.83. The zero-order valence-corrected chi connectivity index (χ0v) is 23.2. The summed E-state index contributed by atoms with van der Waals surface area (Å²) in [6, 6.07) is 14.5. The van der Waals surface area contributed by atoms with Crippen LogP contribution < -0.4 is 0 Å². The van der Waals surface area contributed by atoms with Gasteiger partial charge >= 0.3 is 6.09 Å². The Kier molecular flexibility index (Phi) is 6.46. The van der Waals surface area contributed by atoms with Crippen molar-refractivity contribution in [1.82, 2.24) is 24.8 Å². The van der Waals surface area contributed by atoms with Crippen LogP contribution in [0, 0.1) is 0 Å². The first kappa shape index (κ1) is 25.6. The topological polar surface area (TPSA) is 94.3 Å². The number of nitrogens with one attached hydrogen (secondary N) is 2. The van der Waals surface area contributed by atoms with Gasteiger partial charge in [0.25, 0.3) is 0 Å². The molecular weight excluding hydrogens is 490 g/mol. The van der Waals surface area contributed by atoms with E-state index in [9.17, 15) is 9.59 Å². The summed E-state index contributed by atoms with van der Waals surface area (Å²) in [6.07, 6.45) is 3.72. The SMILES string of the molecule is CN1CCC[C@H]1c1nc2cc(-c3cc4cc(CC(=O)[C@@H]5CCCN5C(=O)OC(C)(C)C)ccc4[nH]3)ccc2[nH]1. The smallest absolute Gasteiger partial charge is 0.410 e. The van der Waals surface area contributed by atoms with Gasteiger partial charge in [0.15, 0.2) is 5.78 Å². The van der Waals surface area contributed by atoms with Gasteiger partial charge in [-0.2, -0.15) is 0 Å². The molecule has 204 valence electrons. The number of aromatic amines is 2. The molecule has 0 saturated carbocycles. The van der Waals surface area contributed by atoms with Gasteiger partial charge in [-0.1, -0.05) is 12.1 Å². The summed E-state index contributed by atoms with van der Waals surface area (Å²) < 4.78 is 5.54. The van der Waals surface area contributed by atoms with E-state index >= 15 is 0 Å². The maximum Gasteiger partial charge on any atom is 0.410 e. The van der Waals surface area contributed by atoms with Crippen molar-refractivity contribution < 1.29 is 14.3 Å². The minimum absolute atomic E-state index is 0.0566. The van der Waals surface area contributed by atoms with Crippen molar-refractivity contribution in [3.8, 4) is 11.3 Å². The fourth-order valence-corrected chi connectivity index (χ4v) is 6.01. The van der Waals surface area contributed by atoms with Crippen molar-refractivity contribution >= 4 is 33.8 Å². The lowest BCUT2D eigenvalue weighted by Crippen LogP contribution is -2.43. The quantitative estimate of drug-likeness (QED) is 0.333. The minimum Gasteiger partial charge on any atom is -0.444 e. The minimum atomic E-state index is -0.582. The number of hydrogen-bond donors (Lipinski definition) is 2. The standard InChI is InChI=1S/C31H37N5O3/c1-31(2,3)39-30(38)36-14-6-7-26(36)28(37)16-19-9-11-22-21(15-19)18-24(32-22)20-10-12-23-25(17-20)34-29(33-23)27-8-5-13-35(27)4/h9-12,15,17-18,26-27,32H,5-8,13-14,16H2,1-4H3,(H,33,34)/t26-,27-/m0/s1. The van der Waals surface area contributed by atoms with Crippen molar-refractivity contribution in [2.45, 2.75) is 70.6 Å². The third kappa shape index (κ3) is 5.17. The highest BCUT2D eigenvalue weighted by atomic mass is 16.6. The van der Waals surface area contributed by atoms with Crippen LogP contribution in [0.2, 0.25) is 0 Å².